The molecule has 0 aromatic carbocycles. The van der Waals surface area contributed by atoms with Gasteiger partial charge in [0, 0.05) is 19.3 Å². The van der Waals surface area contributed by atoms with Crippen molar-refractivity contribution in [3.63, 3.8) is 0 Å². The highest BCUT2D eigenvalue weighted by Gasteiger charge is 2.18. The SMILES string of the molecule is CCCCCCCCCCCCCC(=O)CCCCCCCCCCCCC(=O)NC(CCCCN)C(=O)O. The summed E-state index contributed by atoms with van der Waals surface area (Å²) in [6.07, 6.45) is 29.8. The summed E-state index contributed by atoms with van der Waals surface area (Å²) in [4.78, 5) is 35.4. The van der Waals surface area contributed by atoms with Crippen molar-refractivity contribution in [2.45, 2.75) is 186 Å². The molecule has 6 nitrogen and oxygen atoms in total. The average molecular weight is 553 g/mol. The second kappa shape index (κ2) is 29.6. The van der Waals surface area contributed by atoms with E-state index in [4.69, 9.17) is 5.73 Å². The second-order valence-corrected chi connectivity index (χ2v) is 11.6. The van der Waals surface area contributed by atoms with Crippen LogP contribution >= 0.6 is 0 Å². The molecule has 0 spiro atoms. The predicted molar refractivity (Wildman–Crippen MR) is 164 cm³/mol. The van der Waals surface area contributed by atoms with Gasteiger partial charge in [-0.1, -0.05) is 122 Å². The molecule has 1 unspecified atom stereocenters. The third kappa shape index (κ3) is 27.9. The molecule has 4 N–H and O–H groups in total. The van der Waals surface area contributed by atoms with Gasteiger partial charge in [0.2, 0.25) is 5.91 Å². The molecule has 0 heterocycles. The summed E-state index contributed by atoms with van der Waals surface area (Å²) in [5, 5.41) is 11.9. The zero-order valence-corrected chi connectivity index (χ0v) is 25.6. The lowest BCUT2D eigenvalue weighted by atomic mass is 10.0. The van der Waals surface area contributed by atoms with Gasteiger partial charge < -0.3 is 16.2 Å². The van der Waals surface area contributed by atoms with Crippen LogP contribution in [0.15, 0.2) is 0 Å². The fraction of sp³-hybridized carbons (Fsp3) is 0.909. The van der Waals surface area contributed by atoms with Gasteiger partial charge in [-0.3, -0.25) is 9.59 Å². The minimum Gasteiger partial charge on any atom is -0.480 e. The van der Waals surface area contributed by atoms with Crippen molar-refractivity contribution in [3.8, 4) is 0 Å². The molecule has 0 radical (unpaired) electrons. The molecule has 230 valence electrons. The van der Waals surface area contributed by atoms with Crippen molar-refractivity contribution in [1.82, 2.24) is 5.32 Å². The number of hydrogen-bond donors (Lipinski definition) is 3. The minimum absolute atomic E-state index is 0.160. The first kappa shape index (κ1) is 37.6. The van der Waals surface area contributed by atoms with Crippen molar-refractivity contribution >= 4 is 17.7 Å². The van der Waals surface area contributed by atoms with Crippen LogP contribution in [0.4, 0.5) is 0 Å². The fourth-order valence-electron chi connectivity index (χ4n) is 5.15. The van der Waals surface area contributed by atoms with Crippen molar-refractivity contribution in [3.05, 3.63) is 0 Å². The number of rotatable bonds is 31. The van der Waals surface area contributed by atoms with Crippen LogP contribution in [0.1, 0.15) is 180 Å². The first-order valence-electron chi connectivity index (χ1n) is 16.7. The van der Waals surface area contributed by atoms with Crippen LogP contribution < -0.4 is 11.1 Å². The molecule has 0 aliphatic carbocycles. The topological polar surface area (TPSA) is 109 Å². The maximum absolute atomic E-state index is 12.1. The highest BCUT2D eigenvalue weighted by Crippen LogP contribution is 2.15. The van der Waals surface area contributed by atoms with Crippen LogP contribution in [0.2, 0.25) is 0 Å². The number of hydrogen-bond acceptors (Lipinski definition) is 4. The van der Waals surface area contributed by atoms with Crippen molar-refractivity contribution in [2.24, 2.45) is 5.73 Å². The zero-order valence-electron chi connectivity index (χ0n) is 25.6. The van der Waals surface area contributed by atoms with Gasteiger partial charge in [0.05, 0.1) is 0 Å². The summed E-state index contributed by atoms with van der Waals surface area (Å²) < 4.78 is 0. The highest BCUT2D eigenvalue weighted by atomic mass is 16.4. The third-order valence-electron chi connectivity index (χ3n) is 7.75. The van der Waals surface area contributed by atoms with Crippen LogP contribution in [0, 0.1) is 0 Å². The predicted octanol–water partition coefficient (Wildman–Crippen LogP) is 8.64. The van der Waals surface area contributed by atoms with Gasteiger partial charge in [0.15, 0.2) is 0 Å². The molecule has 6 heteroatoms. The zero-order chi connectivity index (χ0) is 28.8. The number of aliphatic carboxylic acids is 1. The lowest BCUT2D eigenvalue weighted by Crippen LogP contribution is -2.40. The number of carboxylic acids is 1. The van der Waals surface area contributed by atoms with E-state index in [9.17, 15) is 19.5 Å². The average Bonchev–Trinajstić information content (AvgIpc) is 2.91. The Morgan fingerprint density at radius 1 is 0.564 bits per heavy atom. The van der Waals surface area contributed by atoms with Gasteiger partial charge >= 0.3 is 5.97 Å². The monoisotopic (exact) mass is 552 g/mol. The van der Waals surface area contributed by atoms with Gasteiger partial charge in [-0.15, -0.1) is 0 Å². The van der Waals surface area contributed by atoms with Crippen LogP contribution in [0.25, 0.3) is 0 Å². The standard InChI is InChI=1S/C33H64N2O4/c1-2-3-4-5-6-7-8-11-14-17-20-25-30(36)26-21-18-15-12-9-10-13-16-19-22-28-32(37)35-31(33(38)39)27-23-24-29-34/h31H,2-29,34H2,1H3,(H,35,37)(H,38,39). The summed E-state index contributed by atoms with van der Waals surface area (Å²) in [5.74, 6) is -0.663. The number of carbonyl (C=O) groups excluding carboxylic acids is 2. The van der Waals surface area contributed by atoms with Gasteiger partial charge in [-0.05, 0) is 45.1 Å². The molecule has 0 aromatic rings. The lowest BCUT2D eigenvalue weighted by molar-refractivity contribution is -0.142. The summed E-state index contributed by atoms with van der Waals surface area (Å²) in [6.45, 7) is 2.81. The number of unbranched alkanes of at least 4 members (excludes halogenated alkanes) is 20. The number of amides is 1. The molecular weight excluding hydrogens is 488 g/mol. The quantitative estimate of drug-likeness (QED) is 0.0746. The maximum atomic E-state index is 12.1. The Morgan fingerprint density at radius 2 is 0.949 bits per heavy atom. The van der Waals surface area contributed by atoms with Crippen LogP contribution in [-0.4, -0.2) is 35.4 Å². The number of ketones is 1. The van der Waals surface area contributed by atoms with E-state index < -0.39 is 12.0 Å². The number of nitrogens with one attached hydrogen (secondary N) is 1. The molecule has 1 atom stereocenters. The van der Waals surface area contributed by atoms with Crippen molar-refractivity contribution < 1.29 is 19.5 Å². The molecule has 0 saturated heterocycles. The molecule has 0 rings (SSSR count). The molecule has 39 heavy (non-hydrogen) atoms. The van der Waals surface area contributed by atoms with E-state index in [1.165, 1.54) is 103 Å². The van der Waals surface area contributed by atoms with E-state index in [-0.39, 0.29) is 5.91 Å². The van der Waals surface area contributed by atoms with Gasteiger partial charge in [-0.25, -0.2) is 4.79 Å². The Kier molecular flexibility index (Phi) is 28.5. The Hall–Kier alpha value is -1.43. The molecule has 1 amide bonds. The van der Waals surface area contributed by atoms with Gasteiger partial charge in [-0.2, -0.15) is 0 Å². The van der Waals surface area contributed by atoms with Crippen LogP contribution in [0.5, 0.6) is 0 Å². The maximum Gasteiger partial charge on any atom is 0.326 e. The van der Waals surface area contributed by atoms with E-state index in [0.29, 0.717) is 31.6 Å². The lowest BCUT2D eigenvalue weighted by Gasteiger charge is -2.14. The normalized spacial score (nSPS) is 11.9. The fourth-order valence-corrected chi connectivity index (χ4v) is 5.15. The Balaban J connectivity index is 3.39. The summed E-state index contributed by atoms with van der Waals surface area (Å²) in [5.41, 5.74) is 5.45. The van der Waals surface area contributed by atoms with Crippen molar-refractivity contribution in [1.29, 1.82) is 0 Å². The second-order valence-electron chi connectivity index (χ2n) is 11.6. The Morgan fingerprint density at radius 3 is 1.33 bits per heavy atom. The first-order chi connectivity index (χ1) is 19.0. The summed E-state index contributed by atoms with van der Waals surface area (Å²) in [6, 6.07) is -0.795. The van der Waals surface area contributed by atoms with Crippen molar-refractivity contribution in [2.75, 3.05) is 6.54 Å². The molecular formula is C33H64N2O4. The van der Waals surface area contributed by atoms with E-state index >= 15 is 0 Å². The molecule has 0 aliphatic heterocycles. The van der Waals surface area contributed by atoms with E-state index in [1.54, 1.807) is 0 Å². The molecule has 0 saturated carbocycles. The highest BCUT2D eigenvalue weighted by molar-refractivity contribution is 5.83. The van der Waals surface area contributed by atoms with E-state index in [1.807, 2.05) is 0 Å². The van der Waals surface area contributed by atoms with Crippen LogP contribution in [0.3, 0.4) is 0 Å². The number of nitrogens with two attached hydrogens (primary N) is 1. The number of Topliss-reactive ketones (excluding diaryl/α,β-unsaturated/α-hetero) is 1. The number of carboxylic acid groups (broad SMARTS) is 1. The minimum atomic E-state index is -0.966. The Bertz CT molecular complexity index is 582. The summed E-state index contributed by atoms with van der Waals surface area (Å²) in [7, 11) is 0. The first-order valence-corrected chi connectivity index (χ1v) is 16.7. The molecule has 0 fully saturated rings. The Labute approximate surface area is 241 Å². The third-order valence-corrected chi connectivity index (χ3v) is 7.75. The molecule has 0 bridgehead atoms. The smallest absolute Gasteiger partial charge is 0.326 e. The van der Waals surface area contributed by atoms with Crippen LogP contribution in [-0.2, 0) is 14.4 Å². The van der Waals surface area contributed by atoms with E-state index in [2.05, 4.69) is 12.2 Å². The van der Waals surface area contributed by atoms with Gasteiger partial charge in [0.1, 0.15) is 11.8 Å². The van der Waals surface area contributed by atoms with Gasteiger partial charge in [0.25, 0.3) is 0 Å². The largest absolute Gasteiger partial charge is 0.480 e. The number of carbonyl (C=O) groups is 3. The summed E-state index contributed by atoms with van der Waals surface area (Å²) >= 11 is 0. The van der Waals surface area contributed by atoms with E-state index in [0.717, 1.165) is 51.4 Å². The molecule has 0 aromatic heterocycles. The molecule has 0 aliphatic rings.